The van der Waals surface area contributed by atoms with E-state index in [9.17, 15) is 4.79 Å². The van der Waals surface area contributed by atoms with Gasteiger partial charge in [0, 0.05) is 5.41 Å². The van der Waals surface area contributed by atoms with Crippen molar-refractivity contribution < 1.29 is 9.32 Å². The zero-order chi connectivity index (χ0) is 9.31. The van der Waals surface area contributed by atoms with Crippen LogP contribution in [-0.2, 0) is 16.8 Å². The summed E-state index contributed by atoms with van der Waals surface area (Å²) in [5, 5.41) is 6.24. The van der Waals surface area contributed by atoms with Gasteiger partial charge in [0.05, 0.1) is 6.54 Å². The molecule has 1 N–H and O–H groups in total. The summed E-state index contributed by atoms with van der Waals surface area (Å²) in [6.45, 7) is 2.43. The molecule has 5 heteroatoms. The van der Waals surface area contributed by atoms with Crippen molar-refractivity contribution in [1.29, 1.82) is 0 Å². The molecule has 1 amide bonds. The quantitative estimate of drug-likeness (QED) is 0.681. The predicted octanol–water partition coefficient (Wildman–Crippen LogP) is 0.367. The molecule has 13 heavy (non-hydrogen) atoms. The van der Waals surface area contributed by atoms with Crippen molar-refractivity contribution in [2.45, 2.75) is 31.7 Å². The third kappa shape index (κ3) is 1.54. The summed E-state index contributed by atoms with van der Waals surface area (Å²) in [5.41, 5.74) is 0.104. The van der Waals surface area contributed by atoms with Crippen LogP contribution in [0.15, 0.2) is 4.52 Å². The monoisotopic (exact) mass is 181 g/mol. The van der Waals surface area contributed by atoms with E-state index < -0.39 is 0 Å². The van der Waals surface area contributed by atoms with Crippen LogP contribution in [0.2, 0.25) is 0 Å². The summed E-state index contributed by atoms with van der Waals surface area (Å²) in [7, 11) is 0. The number of hydrogen-bond acceptors (Lipinski definition) is 4. The number of rotatable bonds is 4. The Morgan fingerprint density at radius 2 is 2.46 bits per heavy atom. The molecule has 70 valence electrons. The molecule has 0 spiro atoms. The van der Waals surface area contributed by atoms with Gasteiger partial charge in [0.2, 0.25) is 12.3 Å². The number of aromatic nitrogens is 2. The number of carbonyl (C=O) groups excluding carboxylic acids is 1. The first kappa shape index (κ1) is 8.22. The van der Waals surface area contributed by atoms with Gasteiger partial charge in [-0.25, -0.2) is 0 Å². The van der Waals surface area contributed by atoms with Gasteiger partial charge >= 0.3 is 0 Å². The summed E-state index contributed by atoms with van der Waals surface area (Å²) >= 11 is 0. The molecule has 1 aliphatic rings. The number of hydrogen-bond donors (Lipinski definition) is 1. The maximum absolute atomic E-state index is 10.00. The Morgan fingerprint density at radius 3 is 3.08 bits per heavy atom. The van der Waals surface area contributed by atoms with Crippen molar-refractivity contribution in [3.8, 4) is 0 Å². The molecule has 1 aliphatic carbocycles. The highest BCUT2D eigenvalue weighted by molar-refractivity contribution is 5.45. The average molecular weight is 181 g/mol. The van der Waals surface area contributed by atoms with Crippen molar-refractivity contribution in [2.24, 2.45) is 0 Å². The van der Waals surface area contributed by atoms with Gasteiger partial charge in [0.25, 0.3) is 0 Å². The predicted molar refractivity (Wildman–Crippen MR) is 43.8 cm³/mol. The summed E-state index contributed by atoms with van der Waals surface area (Å²) in [4.78, 5) is 14.2. The molecule has 0 aromatic carbocycles. The van der Waals surface area contributed by atoms with Crippen LogP contribution in [0.1, 0.15) is 31.5 Å². The molecule has 0 unspecified atom stereocenters. The van der Waals surface area contributed by atoms with Crippen molar-refractivity contribution in [3.05, 3.63) is 11.7 Å². The van der Waals surface area contributed by atoms with Gasteiger partial charge in [-0.2, -0.15) is 4.98 Å². The number of nitrogens with zero attached hydrogens (tertiary/aromatic N) is 2. The fourth-order valence-corrected chi connectivity index (χ4v) is 1.11. The van der Waals surface area contributed by atoms with E-state index in [4.69, 9.17) is 4.52 Å². The molecule has 0 atom stereocenters. The van der Waals surface area contributed by atoms with Crippen molar-refractivity contribution >= 4 is 6.41 Å². The molecule has 0 aliphatic heterocycles. The van der Waals surface area contributed by atoms with E-state index in [2.05, 4.69) is 22.4 Å². The number of amides is 1. The van der Waals surface area contributed by atoms with Crippen LogP contribution in [0.3, 0.4) is 0 Å². The van der Waals surface area contributed by atoms with Crippen LogP contribution in [0.5, 0.6) is 0 Å². The normalized spacial score (nSPS) is 18.2. The highest BCUT2D eigenvalue weighted by Gasteiger charge is 2.44. The molecule has 2 rings (SSSR count). The Balaban J connectivity index is 2.05. The molecule has 0 saturated heterocycles. The first-order valence-corrected chi connectivity index (χ1v) is 4.25. The second-order valence-corrected chi connectivity index (χ2v) is 3.58. The van der Waals surface area contributed by atoms with Gasteiger partial charge in [-0.1, -0.05) is 12.1 Å². The molecule has 0 radical (unpaired) electrons. The highest BCUT2D eigenvalue weighted by Crippen LogP contribution is 2.46. The zero-order valence-corrected chi connectivity index (χ0v) is 7.41. The summed E-state index contributed by atoms with van der Waals surface area (Å²) < 4.78 is 5.07. The van der Waals surface area contributed by atoms with Gasteiger partial charge in [0.1, 0.15) is 0 Å². The Hall–Kier alpha value is -1.39. The summed E-state index contributed by atoms with van der Waals surface area (Å²) in [6, 6.07) is 0. The minimum atomic E-state index is 0.104. The topological polar surface area (TPSA) is 68.0 Å². The summed E-state index contributed by atoms with van der Waals surface area (Å²) in [5.74, 6) is 1.23. The fraction of sp³-hybridized carbons (Fsp3) is 0.625. The minimum Gasteiger partial charge on any atom is -0.351 e. The molecule has 1 aromatic heterocycles. The van der Waals surface area contributed by atoms with Gasteiger partial charge < -0.3 is 9.84 Å². The Labute approximate surface area is 75.5 Å². The Morgan fingerprint density at radius 1 is 1.69 bits per heavy atom. The molecule has 0 bridgehead atoms. The average Bonchev–Trinajstić information content (AvgIpc) is 2.69. The Kier molecular flexibility index (Phi) is 1.79. The molecule has 1 fully saturated rings. The lowest BCUT2D eigenvalue weighted by atomic mass is 10.1. The molecule has 1 heterocycles. The van der Waals surface area contributed by atoms with Crippen molar-refractivity contribution in [1.82, 2.24) is 15.5 Å². The zero-order valence-electron chi connectivity index (χ0n) is 7.41. The minimum absolute atomic E-state index is 0.104. The van der Waals surface area contributed by atoms with E-state index in [1.54, 1.807) is 0 Å². The highest BCUT2D eigenvalue weighted by atomic mass is 16.5. The first-order chi connectivity index (χ1) is 6.24. The smallest absolute Gasteiger partial charge is 0.232 e. The van der Waals surface area contributed by atoms with Gasteiger partial charge in [0.15, 0.2) is 5.82 Å². The van der Waals surface area contributed by atoms with Gasteiger partial charge in [-0.05, 0) is 12.8 Å². The van der Waals surface area contributed by atoms with Gasteiger partial charge in [-0.15, -0.1) is 0 Å². The fourth-order valence-electron chi connectivity index (χ4n) is 1.11. The number of nitrogens with one attached hydrogen (secondary N) is 1. The maximum Gasteiger partial charge on any atom is 0.232 e. The number of carbonyl (C=O) groups is 1. The van der Waals surface area contributed by atoms with E-state index in [-0.39, 0.29) is 5.41 Å². The third-order valence-corrected chi connectivity index (χ3v) is 2.33. The van der Waals surface area contributed by atoms with Crippen molar-refractivity contribution in [2.75, 3.05) is 0 Å². The van der Waals surface area contributed by atoms with Crippen LogP contribution < -0.4 is 5.32 Å². The van der Waals surface area contributed by atoms with Crippen LogP contribution in [-0.4, -0.2) is 16.6 Å². The molecule has 1 saturated carbocycles. The standard InChI is InChI=1S/C8H11N3O2/c1-8(2-3-8)7-10-6(11-13-7)4-9-5-12/h5H,2-4H2,1H3,(H,9,12). The first-order valence-electron chi connectivity index (χ1n) is 4.25. The summed E-state index contributed by atoms with van der Waals surface area (Å²) in [6.07, 6.45) is 2.83. The molecule has 1 aromatic rings. The second-order valence-electron chi connectivity index (χ2n) is 3.58. The van der Waals surface area contributed by atoms with E-state index in [0.29, 0.717) is 24.7 Å². The maximum atomic E-state index is 10.00. The molecular formula is C8H11N3O2. The lowest BCUT2D eigenvalue weighted by Gasteiger charge is -1.96. The van der Waals surface area contributed by atoms with Crippen LogP contribution in [0.25, 0.3) is 0 Å². The molecular weight excluding hydrogens is 170 g/mol. The van der Waals surface area contributed by atoms with Crippen LogP contribution in [0.4, 0.5) is 0 Å². The largest absolute Gasteiger partial charge is 0.351 e. The van der Waals surface area contributed by atoms with Crippen molar-refractivity contribution in [3.63, 3.8) is 0 Å². The lowest BCUT2D eigenvalue weighted by molar-refractivity contribution is -0.109. The Bertz CT molecular complexity index is 317. The van der Waals surface area contributed by atoms with Crippen LogP contribution in [0, 0.1) is 0 Å². The molecule has 5 nitrogen and oxygen atoms in total. The van der Waals surface area contributed by atoms with Crippen LogP contribution >= 0.6 is 0 Å². The van der Waals surface area contributed by atoms with E-state index in [1.165, 1.54) is 0 Å². The van der Waals surface area contributed by atoms with E-state index in [1.807, 2.05) is 0 Å². The second kappa shape index (κ2) is 2.83. The third-order valence-electron chi connectivity index (χ3n) is 2.33. The SMILES string of the molecule is CC1(c2nc(CNC=O)no2)CC1. The van der Waals surface area contributed by atoms with Gasteiger partial charge in [-0.3, -0.25) is 4.79 Å². The van der Waals surface area contributed by atoms with E-state index >= 15 is 0 Å². The lowest BCUT2D eigenvalue weighted by Crippen LogP contribution is -2.11. The van der Waals surface area contributed by atoms with E-state index in [0.717, 1.165) is 12.8 Å².